The van der Waals surface area contributed by atoms with E-state index in [1.165, 1.54) is 0 Å². The molecule has 1 N–H and O–H groups in total. The highest BCUT2D eigenvalue weighted by molar-refractivity contribution is 7.80. The molecule has 0 bridgehead atoms. The van der Waals surface area contributed by atoms with Gasteiger partial charge >= 0.3 is 0 Å². The van der Waals surface area contributed by atoms with Gasteiger partial charge in [0.1, 0.15) is 18.3 Å². The molecular formula is C36H34Cl3NO6S. The summed E-state index contributed by atoms with van der Waals surface area (Å²) in [4.78, 5) is 0. The van der Waals surface area contributed by atoms with Crippen molar-refractivity contribution in [2.75, 3.05) is 6.61 Å². The molecule has 246 valence electrons. The summed E-state index contributed by atoms with van der Waals surface area (Å²) in [6, 6.07) is 38.5. The summed E-state index contributed by atoms with van der Waals surface area (Å²) in [5, 5.41) is 8.55. The fourth-order valence-electron chi connectivity index (χ4n) is 4.97. The zero-order chi connectivity index (χ0) is 33.1. The van der Waals surface area contributed by atoms with E-state index in [1.54, 1.807) is 0 Å². The third-order valence-electron chi connectivity index (χ3n) is 7.30. The van der Waals surface area contributed by atoms with Crippen LogP contribution in [-0.4, -0.2) is 52.1 Å². The molecule has 0 saturated carbocycles. The Morgan fingerprint density at radius 3 is 1.62 bits per heavy atom. The van der Waals surface area contributed by atoms with Gasteiger partial charge in [0, 0.05) is 5.56 Å². The first-order valence-corrected chi connectivity index (χ1v) is 16.5. The van der Waals surface area contributed by atoms with Crippen molar-refractivity contribution in [2.24, 2.45) is 0 Å². The monoisotopic (exact) mass is 713 g/mol. The second-order valence-electron chi connectivity index (χ2n) is 10.7. The molecule has 0 radical (unpaired) electrons. The number of benzene rings is 4. The van der Waals surface area contributed by atoms with Crippen molar-refractivity contribution >= 4 is 58.0 Å². The van der Waals surface area contributed by atoms with Gasteiger partial charge in [-0.1, -0.05) is 156 Å². The van der Waals surface area contributed by atoms with Crippen LogP contribution in [0, 0.1) is 5.41 Å². The minimum absolute atomic E-state index is 0.0936. The van der Waals surface area contributed by atoms with Crippen LogP contribution in [0.5, 0.6) is 0 Å². The van der Waals surface area contributed by atoms with Gasteiger partial charge in [-0.15, -0.1) is 0 Å². The molecule has 1 saturated heterocycles. The van der Waals surface area contributed by atoms with E-state index in [-0.39, 0.29) is 24.9 Å². The molecule has 1 aliphatic heterocycles. The molecule has 1 fully saturated rings. The van der Waals surface area contributed by atoms with Crippen LogP contribution in [0.2, 0.25) is 0 Å². The number of nitrogens with one attached hydrogen (secondary N) is 1. The lowest BCUT2D eigenvalue weighted by molar-refractivity contribution is -0.299. The lowest BCUT2D eigenvalue weighted by Crippen LogP contribution is -2.62. The van der Waals surface area contributed by atoms with Crippen LogP contribution >= 0.6 is 47.0 Å². The molecule has 0 spiro atoms. The highest BCUT2D eigenvalue weighted by atomic mass is 35.6. The molecule has 7 nitrogen and oxygen atoms in total. The number of ether oxygens (including phenoxy) is 6. The molecule has 11 heteroatoms. The van der Waals surface area contributed by atoms with Crippen molar-refractivity contribution < 1.29 is 28.4 Å². The fraction of sp³-hybridized carbons (Fsp3) is 0.278. The second-order valence-corrected chi connectivity index (χ2v) is 13.4. The van der Waals surface area contributed by atoms with Crippen LogP contribution in [0.3, 0.4) is 0 Å². The predicted octanol–water partition coefficient (Wildman–Crippen LogP) is 8.22. The van der Waals surface area contributed by atoms with Gasteiger partial charge in [0.05, 0.1) is 26.4 Å². The van der Waals surface area contributed by atoms with E-state index in [1.807, 2.05) is 121 Å². The molecule has 4 aromatic rings. The fourth-order valence-corrected chi connectivity index (χ4v) is 5.35. The predicted molar refractivity (Wildman–Crippen MR) is 187 cm³/mol. The van der Waals surface area contributed by atoms with E-state index >= 15 is 0 Å². The standard InChI is InChI=1S/C36H34Cl3NO6S/c37-36(38,39)35(40)46-33-32(45-34(47)28-19-11-4-12-20-28)31(43-23-27-17-9-3-10-18-27)30(42-22-26-15-7-2-8-16-26)29(44-33)24-41-21-25-13-5-1-6-14-25/h1-20,29-33,40H,21-24H2/t29-,30-,31+,32-,33-/m1/s1. The Labute approximate surface area is 295 Å². The van der Waals surface area contributed by atoms with Gasteiger partial charge in [0.25, 0.3) is 3.79 Å². The van der Waals surface area contributed by atoms with Gasteiger partial charge < -0.3 is 28.4 Å². The Kier molecular flexibility index (Phi) is 13.0. The Hall–Kier alpha value is -3.05. The molecule has 5 rings (SSSR count). The van der Waals surface area contributed by atoms with Gasteiger partial charge in [-0.05, 0) is 28.9 Å². The van der Waals surface area contributed by atoms with Crippen LogP contribution in [0.15, 0.2) is 121 Å². The maximum absolute atomic E-state index is 8.39. The van der Waals surface area contributed by atoms with Crippen molar-refractivity contribution in [1.29, 1.82) is 5.41 Å². The Morgan fingerprint density at radius 1 is 0.638 bits per heavy atom. The first kappa shape index (κ1) is 35.3. The summed E-state index contributed by atoms with van der Waals surface area (Å²) in [6.07, 6.45) is -4.66. The Bertz CT molecular complexity index is 1550. The lowest BCUT2D eigenvalue weighted by Gasteiger charge is -2.45. The number of hydrogen-bond donors (Lipinski definition) is 1. The molecule has 5 atom stereocenters. The van der Waals surface area contributed by atoms with E-state index in [9.17, 15) is 0 Å². The quantitative estimate of drug-likeness (QED) is 0.0647. The maximum Gasteiger partial charge on any atom is 0.265 e. The molecule has 4 aromatic carbocycles. The molecule has 0 aromatic heterocycles. The molecule has 1 heterocycles. The van der Waals surface area contributed by atoms with Crippen molar-refractivity contribution in [3.8, 4) is 0 Å². The molecule has 1 aliphatic rings. The summed E-state index contributed by atoms with van der Waals surface area (Å²) < 4.78 is 36.0. The zero-order valence-electron chi connectivity index (χ0n) is 25.3. The molecule has 0 unspecified atom stereocenters. The number of thiocarbonyl (C=S) groups is 1. The van der Waals surface area contributed by atoms with Gasteiger partial charge in [-0.3, -0.25) is 5.41 Å². The number of alkyl halides is 3. The molecule has 0 aliphatic carbocycles. The third kappa shape index (κ3) is 10.5. The van der Waals surface area contributed by atoms with E-state index in [2.05, 4.69) is 0 Å². The van der Waals surface area contributed by atoms with Crippen molar-refractivity contribution in [3.63, 3.8) is 0 Å². The van der Waals surface area contributed by atoms with Gasteiger partial charge in [0.2, 0.25) is 12.2 Å². The maximum atomic E-state index is 8.39. The molecule has 0 amide bonds. The van der Waals surface area contributed by atoms with Gasteiger partial charge in [-0.2, -0.15) is 0 Å². The molecule has 47 heavy (non-hydrogen) atoms. The van der Waals surface area contributed by atoms with Gasteiger partial charge in [-0.25, -0.2) is 0 Å². The van der Waals surface area contributed by atoms with E-state index in [4.69, 9.17) is 80.9 Å². The Balaban J connectivity index is 1.49. The zero-order valence-corrected chi connectivity index (χ0v) is 28.3. The van der Waals surface area contributed by atoms with E-state index < -0.39 is 40.4 Å². The van der Waals surface area contributed by atoms with Crippen molar-refractivity contribution in [2.45, 2.75) is 54.3 Å². The average molecular weight is 715 g/mol. The van der Waals surface area contributed by atoms with Crippen molar-refractivity contribution in [3.05, 3.63) is 144 Å². The van der Waals surface area contributed by atoms with Crippen LogP contribution in [0.1, 0.15) is 22.3 Å². The lowest BCUT2D eigenvalue weighted by atomic mass is 9.97. The van der Waals surface area contributed by atoms with Crippen molar-refractivity contribution in [1.82, 2.24) is 0 Å². The third-order valence-corrected chi connectivity index (χ3v) is 8.15. The van der Waals surface area contributed by atoms with E-state index in [0.717, 1.165) is 16.7 Å². The highest BCUT2D eigenvalue weighted by Crippen LogP contribution is 2.35. The normalized spacial score (nSPS) is 21.1. The summed E-state index contributed by atoms with van der Waals surface area (Å²) in [6.45, 7) is 0.882. The van der Waals surface area contributed by atoms with Crippen LogP contribution in [-0.2, 0) is 48.2 Å². The minimum atomic E-state index is -2.16. The van der Waals surface area contributed by atoms with Crippen LogP contribution < -0.4 is 0 Å². The topological polar surface area (TPSA) is 79.2 Å². The minimum Gasteiger partial charge on any atom is -0.470 e. The SMILES string of the molecule is N=C(O[C@H]1O[C@H](COCc2ccccc2)[C@@H](OCc2ccccc2)[C@H](OCc2ccccc2)[C@H]1OC(=S)c1ccccc1)C(Cl)(Cl)Cl. The number of halogens is 3. The first-order chi connectivity index (χ1) is 22.8. The largest absolute Gasteiger partial charge is 0.470 e. The Morgan fingerprint density at radius 2 is 1.11 bits per heavy atom. The summed E-state index contributed by atoms with van der Waals surface area (Å²) in [7, 11) is 0. The highest BCUT2D eigenvalue weighted by Gasteiger charge is 2.52. The second kappa shape index (κ2) is 17.4. The molecular weight excluding hydrogens is 681 g/mol. The van der Waals surface area contributed by atoms with Crippen LogP contribution in [0.25, 0.3) is 0 Å². The van der Waals surface area contributed by atoms with Crippen LogP contribution in [0.4, 0.5) is 0 Å². The van der Waals surface area contributed by atoms with E-state index in [0.29, 0.717) is 12.2 Å². The summed E-state index contributed by atoms with van der Waals surface area (Å²) in [5.41, 5.74) is 3.53. The smallest absolute Gasteiger partial charge is 0.265 e. The summed E-state index contributed by atoms with van der Waals surface area (Å²) in [5.74, 6) is -0.652. The average Bonchev–Trinajstić information content (AvgIpc) is 3.09. The number of hydrogen-bond acceptors (Lipinski definition) is 8. The summed E-state index contributed by atoms with van der Waals surface area (Å²) >= 11 is 23.8. The first-order valence-electron chi connectivity index (χ1n) is 14.9. The number of rotatable bonds is 13. The van der Waals surface area contributed by atoms with Gasteiger partial charge in [0.15, 0.2) is 11.2 Å².